The standard InChI is InChI=1S/C19H35NO2/c20-15-9-4-2-1-3-5-10-16-21-17-11-6-7-13-19-14-8-12-18-22-19/h19H,1-14,16-18H2. The predicted molar refractivity (Wildman–Crippen MR) is 90.8 cm³/mol. The highest BCUT2D eigenvalue weighted by Crippen LogP contribution is 2.18. The molecule has 1 saturated heterocycles. The second-order valence-electron chi connectivity index (χ2n) is 6.48. The summed E-state index contributed by atoms with van der Waals surface area (Å²) in [5, 5.41) is 8.44. The first-order valence-corrected chi connectivity index (χ1v) is 9.50. The molecule has 0 amide bonds. The first kappa shape index (κ1) is 19.5. The van der Waals surface area contributed by atoms with E-state index in [-0.39, 0.29) is 0 Å². The minimum Gasteiger partial charge on any atom is -0.381 e. The maximum atomic E-state index is 8.44. The van der Waals surface area contributed by atoms with E-state index in [1.165, 1.54) is 77.0 Å². The summed E-state index contributed by atoms with van der Waals surface area (Å²) >= 11 is 0. The number of nitriles is 1. The van der Waals surface area contributed by atoms with E-state index in [0.717, 1.165) is 32.7 Å². The van der Waals surface area contributed by atoms with Crippen LogP contribution in [-0.2, 0) is 9.47 Å². The van der Waals surface area contributed by atoms with Crippen LogP contribution >= 0.6 is 0 Å². The van der Waals surface area contributed by atoms with Gasteiger partial charge in [-0.25, -0.2) is 0 Å². The van der Waals surface area contributed by atoms with Crippen LogP contribution in [0.15, 0.2) is 0 Å². The van der Waals surface area contributed by atoms with Crippen molar-refractivity contribution in [3.8, 4) is 6.07 Å². The first-order valence-electron chi connectivity index (χ1n) is 9.50. The lowest BCUT2D eigenvalue weighted by molar-refractivity contribution is 0.00940. The van der Waals surface area contributed by atoms with Crippen molar-refractivity contribution in [2.75, 3.05) is 19.8 Å². The Morgan fingerprint density at radius 2 is 1.55 bits per heavy atom. The molecule has 0 saturated carbocycles. The number of nitrogens with zero attached hydrogens (tertiary/aromatic N) is 1. The molecule has 0 radical (unpaired) electrons. The van der Waals surface area contributed by atoms with Crippen molar-refractivity contribution in [3.63, 3.8) is 0 Å². The molecule has 0 aliphatic carbocycles. The van der Waals surface area contributed by atoms with Gasteiger partial charge in [-0.15, -0.1) is 0 Å². The van der Waals surface area contributed by atoms with Gasteiger partial charge in [-0.05, 0) is 44.9 Å². The summed E-state index contributed by atoms with van der Waals surface area (Å²) in [5.41, 5.74) is 0. The Hall–Kier alpha value is -0.590. The van der Waals surface area contributed by atoms with E-state index in [1.807, 2.05) is 0 Å². The van der Waals surface area contributed by atoms with Crippen molar-refractivity contribution >= 4 is 0 Å². The van der Waals surface area contributed by atoms with Gasteiger partial charge in [-0.3, -0.25) is 0 Å². The molecule has 3 heteroatoms. The van der Waals surface area contributed by atoms with Gasteiger partial charge in [0.1, 0.15) is 0 Å². The maximum Gasteiger partial charge on any atom is 0.0621 e. The van der Waals surface area contributed by atoms with Crippen LogP contribution in [0, 0.1) is 11.3 Å². The summed E-state index contributed by atoms with van der Waals surface area (Å²) in [7, 11) is 0. The molecule has 1 aliphatic rings. The zero-order chi connectivity index (χ0) is 15.7. The highest BCUT2D eigenvalue weighted by Gasteiger charge is 2.12. The fourth-order valence-corrected chi connectivity index (χ4v) is 3.01. The summed E-state index contributed by atoms with van der Waals surface area (Å²) in [5.74, 6) is 0. The monoisotopic (exact) mass is 309 g/mol. The molecular weight excluding hydrogens is 274 g/mol. The van der Waals surface area contributed by atoms with E-state index < -0.39 is 0 Å². The van der Waals surface area contributed by atoms with E-state index in [1.54, 1.807) is 0 Å². The summed E-state index contributed by atoms with van der Waals surface area (Å²) in [6, 6.07) is 2.20. The van der Waals surface area contributed by atoms with Crippen molar-refractivity contribution in [2.45, 2.75) is 96.0 Å². The van der Waals surface area contributed by atoms with Crippen molar-refractivity contribution < 1.29 is 9.47 Å². The quantitative estimate of drug-likeness (QED) is 0.404. The maximum absolute atomic E-state index is 8.44. The molecule has 0 bridgehead atoms. The van der Waals surface area contributed by atoms with Gasteiger partial charge in [-0.2, -0.15) is 5.26 Å². The Labute approximate surface area is 137 Å². The minimum atomic E-state index is 0.544. The molecule has 0 aromatic rings. The van der Waals surface area contributed by atoms with E-state index in [4.69, 9.17) is 14.7 Å². The normalized spacial score (nSPS) is 18.2. The molecule has 0 aromatic heterocycles. The number of hydrogen-bond acceptors (Lipinski definition) is 3. The zero-order valence-corrected chi connectivity index (χ0v) is 14.4. The van der Waals surface area contributed by atoms with Gasteiger partial charge in [0.15, 0.2) is 0 Å². The molecule has 1 rings (SSSR count). The highest BCUT2D eigenvalue weighted by molar-refractivity contribution is 4.67. The molecule has 0 N–H and O–H groups in total. The Morgan fingerprint density at radius 1 is 0.864 bits per heavy atom. The van der Waals surface area contributed by atoms with E-state index in [0.29, 0.717) is 6.10 Å². The Balaban J connectivity index is 1.68. The van der Waals surface area contributed by atoms with Gasteiger partial charge < -0.3 is 9.47 Å². The molecule has 128 valence electrons. The Bertz CT molecular complexity index is 269. The van der Waals surface area contributed by atoms with Gasteiger partial charge in [0.25, 0.3) is 0 Å². The fraction of sp³-hybridized carbons (Fsp3) is 0.947. The summed E-state index contributed by atoms with van der Waals surface area (Å²) in [6.07, 6.45) is 17.4. The van der Waals surface area contributed by atoms with Gasteiger partial charge in [0.2, 0.25) is 0 Å². The molecule has 0 aromatic carbocycles. The van der Waals surface area contributed by atoms with E-state index in [2.05, 4.69) is 6.07 Å². The van der Waals surface area contributed by atoms with Crippen molar-refractivity contribution in [1.82, 2.24) is 0 Å². The van der Waals surface area contributed by atoms with Crippen molar-refractivity contribution in [2.24, 2.45) is 0 Å². The third-order valence-corrected chi connectivity index (χ3v) is 4.42. The zero-order valence-electron chi connectivity index (χ0n) is 14.4. The number of rotatable bonds is 14. The third-order valence-electron chi connectivity index (χ3n) is 4.42. The largest absolute Gasteiger partial charge is 0.381 e. The first-order chi connectivity index (χ1) is 10.9. The Kier molecular flexibility index (Phi) is 13.5. The van der Waals surface area contributed by atoms with Crippen LogP contribution in [0.25, 0.3) is 0 Å². The Morgan fingerprint density at radius 3 is 2.23 bits per heavy atom. The lowest BCUT2D eigenvalue weighted by atomic mass is 10.0. The van der Waals surface area contributed by atoms with Crippen LogP contribution in [0.3, 0.4) is 0 Å². The average Bonchev–Trinajstić information content (AvgIpc) is 2.56. The SMILES string of the molecule is N#CCCCCCCCCOCCCCCC1CCCCO1. The number of hydrogen-bond donors (Lipinski definition) is 0. The van der Waals surface area contributed by atoms with E-state index in [9.17, 15) is 0 Å². The lowest BCUT2D eigenvalue weighted by Crippen LogP contribution is -2.18. The third kappa shape index (κ3) is 12.0. The number of ether oxygens (including phenoxy) is 2. The number of unbranched alkanes of at least 4 members (excludes halogenated alkanes) is 8. The molecule has 1 heterocycles. The van der Waals surface area contributed by atoms with Crippen LogP contribution in [-0.4, -0.2) is 25.9 Å². The summed E-state index contributed by atoms with van der Waals surface area (Å²) in [6.45, 7) is 2.82. The topological polar surface area (TPSA) is 42.2 Å². The van der Waals surface area contributed by atoms with Crippen LogP contribution in [0.5, 0.6) is 0 Å². The minimum absolute atomic E-state index is 0.544. The highest BCUT2D eigenvalue weighted by atomic mass is 16.5. The molecule has 1 unspecified atom stereocenters. The predicted octanol–water partition coefficient (Wildman–Crippen LogP) is 5.39. The molecule has 1 atom stereocenters. The fourth-order valence-electron chi connectivity index (χ4n) is 3.01. The summed E-state index contributed by atoms with van der Waals surface area (Å²) in [4.78, 5) is 0. The van der Waals surface area contributed by atoms with Gasteiger partial charge >= 0.3 is 0 Å². The molecule has 1 aliphatic heterocycles. The van der Waals surface area contributed by atoms with Crippen LogP contribution in [0.4, 0.5) is 0 Å². The smallest absolute Gasteiger partial charge is 0.0621 e. The second kappa shape index (κ2) is 15.3. The van der Waals surface area contributed by atoms with Gasteiger partial charge in [0.05, 0.1) is 12.2 Å². The molecule has 0 spiro atoms. The van der Waals surface area contributed by atoms with Gasteiger partial charge in [-0.1, -0.05) is 38.5 Å². The molecular formula is C19H35NO2. The van der Waals surface area contributed by atoms with Crippen molar-refractivity contribution in [1.29, 1.82) is 5.26 Å². The van der Waals surface area contributed by atoms with E-state index >= 15 is 0 Å². The van der Waals surface area contributed by atoms with Crippen molar-refractivity contribution in [3.05, 3.63) is 0 Å². The molecule has 22 heavy (non-hydrogen) atoms. The molecule has 3 nitrogen and oxygen atoms in total. The van der Waals surface area contributed by atoms with Gasteiger partial charge in [0, 0.05) is 26.2 Å². The van der Waals surface area contributed by atoms with Crippen LogP contribution in [0.2, 0.25) is 0 Å². The molecule has 1 fully saturated rings. The lowest BCUT2D eigenvalue weighted by Gasteiger charge is -2.22. The van der Waals surface area contributed by atoms with Crippen LogP contribution in [0.1, 0.15) is 89.9 Å². The average molecular weight is 309 g/mol. The van der Waals surface area contributed by atoms with Crippen LogP contribution < -0.4 is 0 Å². The second-order valence-corrected chi connectivity index (χ2v) is 6.48. The summed E-state index contributed by atoms with van der Waals surface area (Å²) < 4.78 is 11.4.